The number of nitrogens with zero attached hydrogens (tertiary/aromatic N) is 2. The summed E-state index contributed by atoms with van der Waals surface area (Å²) >= 11 is 0. The predicted molar refractivity (Wildman–Crippen MR) is 121 cm³/mol. The van der Waals surface area contributed by atoms with E-state index in [1.807, 2.05) is 49.4 Å². The maximum Gasteiger partial charge on any atom is 0.323 e. The lowest BCUT2D eigenvalue weighted by atomic mass is 10.2. The highest BCUT2D eigenvalue weighted by molar-refractivity contribution is 6.06. The van der Waals surface area contributed by atoms with Gasteiger partial charge in [-0.3, -0.25) is 0 Å². The number of fused-ring (bicyclic) bond motifs is 2. The molecular formula is C24H21N5O. The third kappa shape index (κ3) is 3.28. The van der Waals surface area contributed by atoms with Crippen molar-refractivity contribution in [3.8, 4) is 0 Å². The Labute approximate surface area is 176 Å². The van der Waals surface area contributed by atoms with Gasteiger partial charge in [-0.05, 0) is 54.4 Å². The number of amides is 2. The van der Waals surface area contributed by atoms with E-state index in [0.717, 1.165) is 22.0 Å². The van der Waals surface area contributed by atoms with Crippen LogP contribution >= 0.6 is 0 Å². The standard InChI is InChI=1S/C24H21N5O/c1-16-5-2-3-6-20(16)27-24(30)28-21-7-4-8-22-19(21)11-14-29(22)15-17-9-12-25-23-18(17)10-13-26-23/h2-14H,15H2,1H3,(H,25,26)(H2,27,28,30)/i15D2. The number of pyridine rings is 1. The van der Waals surface area contributed by atoms with Gasteiger partial charge in [-0.1, -0.05) is 24.3 Å². The SMILES string of the molecule is [2H]C([2H])(c1ccnc2[nH]ccc12)n1ccc2c(NC(=O)Nc3ccccc3C)cccc21. The number of benzene rings is 2. The number of H-pyrrole nitrogens is 1. The van der Waals surface area contributed by atoms with E-state index >= 15 is 0 Å². The summed E-state index contributed by atoms with van der Waals surface area (Å²) in [4.78, 5) is 19.9. The molecule has 0 aliphatic carbocycles. The third-order valence-corrected chi connectivity index (χ3v) is 5.08. The average Bonchev–Trinajstić information content (AvgIpc) is 3.43. The van der Waals surface area contributed by atoms with Gasteiger partial charge in [-0.25, -0.2) is 9.78 Å². The minimum atomic E-state index is -1.83. The average molecular weight is 397 g/mol. The van der Waals surface area contributed by atoms with E-state index in [1.54, 1.807) is 41.4 Å². The summed E-state index contributed by atoms with van der Waals surface area (Å²) in [6.07, 6.45) is 5.05. The first-order valence-corrected chi connectivity index (χ1v) is 9.62. The zero-order chi connectivity index (χ0) is 22.3. The number of aryl methyl sites for hydroxylation is 1. The number of nitrogens with one attached hydrogen (secondary N) is 3. The van der Waals surface area contributed by atoms with Crippen molar-refractivity contribution in [2.24, 2.45) is 0 Å². The fraction of sp³-hybridized carbons (Fsp3) is 0.0833. The number of hydrogen-bond acceptors (Lipinski definition) is 2. The van der Waals surface area contributed by atoms with Crippen molar-refractivity contribution in [3.63, 3.8) is 0 Å². The van der Waals surface area contributed by atoms with Crippen molar-refractivity contribution in [2.75, 3.05) is 10.6 Å². The molecule has 3 heterocycles. The molecule has 5 rings (SSSR count). The summed E-state index contributed by atoms with van der Waals surface area (Å²) in [7, 11) is 0. The summed E-state index contributed by atoms with van der Waals surface area (Å²) in [5.74, 6) is 0. The van der Waals surface area contributed by atoms with Crippen LogP contribution in [0, 0.1) is 6.92 Å². The van der Waals surface area contributed by atoms with Gasteiger partial charge in [0.25, 0.3) is 0 Å². The van der Waals surface area contributed by atoms with Crippen LogP contribution in [0.15, 0.2) is 79.3 Å². The smallest absolute Gasteiger partial charge is 0.323 e. The Morgan fingerprint density at radius 3 is 2.77 bits per heavy atom. The lowest BCUT2D eigenvalue weighted by molar-refractivity contribution is 0.262. The molecule has 0 saturated carbocycles. The van der Waals surface area contributed by atoms with Crippen LogP contribution in [0.3, 0.4) is 0 Å². The second-order valence-electron chi connectivity index (χ2n) is 7.03. The van der Waals surface area contributed by atoms with Crippen LogP contribution in [0.25, 0.3) is 21.9 Å². The number of hydrogen-bond donors (Lipinski definition) is 3. The number of urea groups is 1. The molecule has 3 N–H and O–H groups in total. The Morgan fingerprint density at radius 2 is 1.87 bits per heavy atom. The molecule has 5 aromatic rings. The van der Waals surface area contributed by atoms with E-state index in [2.05, 4.69) is 20.6 Å². The second kappa shape index (κ2) is 7.40. The van der Waals surface area contributed by atoms with E-state index in [-0.39, 0.29) is 6.03 Å². The van der Waals surface area contributed by atoms with E-state index in [0.29, 0.717) is 22.4 Å². The van der Waals surface area contributed by atoms with Crippen LogP contribution in [-0.4, -0.2) is 20.6 Å². The lowest BCUT2D eigenvalue weighted by Crippen LogP contribution is -2.20. The van der Waals surface area contributed by atoms with Crippen LogP contribution in [0.5, 0.6) is 0 Å². The second-order valence-corrected chi connectivity index (χ2v) is 7.03. The third-order valence-electron chi connectivity index (χ3n) is 5.08. The van der Waals surface area contributed by atoms with Crippen LogP contribution in [0.2, 0.25) is 0 Å². The van der Waals surface area contributed by atoms with Crippen molar-refractivity contribution in [2.45, 2.75) is 13.4 Å². The number of carbonyl (C=O) groups excluding carboxylic acids is 1. The molecule has 0 aliphatic heterocycles. The number of aromatic amines is 1. The first kappa shape index (κ1) is 15.8. The van der Waals surface area contributed by atoms with Gasteiger partial charge in [0.1, 0.15) is 5.65 Å². The van der Waals surface area contributed by atoms with Crippen molar-refractivity contribution in [3.05, 3.63) is 90.4 Å². The zero-order valence-electron chi connectivity index (χ0n) is 18.3. The number of aromatic nitrogens is 3. The van der Waals surface area contributed by atoms with Gasteiger partial charge in [-0.15, -0.1) is 0 Å². The Balaban J connectivity index is 1.50. The molecule has 6 heteroatoms. The molecule has 0 bridgehead atoms. The molecular weight excluding hydrogens is 374 g/mol. The molecule has 30 heavy (non-hydrogen) atoms. The summed E-state index contributed by atoms with van der Waals surface area (Å²) in [6.45, 7) is 0.103. The number of rotatable bonds is 4. The summed E-state index contributed by atoms with van der Waals surface area (Å²) < 4.78 is 19.4. The van der Waals surface area contributed by atoms with Gasteiger partial charge in [0, 0.05) is 41.5 Å². The van der Waals surface area contributed by atoms with Crippen LogP contribution < -0.4 is 10.6 Å². The highest BCUT2D eigenvalue weighted by Gasteiger charge is 2.11. The highest BCUT2D eigenvalue weighted by atomic mass is 16.2. The fourth-order valence-corrected chi connectivity index (χ4v) is 3.55. The van der Waals surface area contributed by atoms with Crippen molar-refractivity contribution < 1.29 is 7.54 Å². The fourth-order valence-electron chi connectivity index (χ4n) is 3.55. The molecule has 0 radical (unpaired) electrons. The monoisotopic (exact) mass is 397 g/mol. The molecule has 0 spiro atoms. The van der Waals surface area contributed by atoms with Gasteiger partial charge >= 0.3 is 6.03 Å². The first-order chi connectivity index (χ1) is 15.4. The quantitative estimate of drug-likeness (QED) is 0.374. The summed E-state index contributed by atoms with van der Waals surface area (Å²) in [6, 6.07) is 18.0. The Kier molecular flexibility index (Phi) is 3.90. The maximum atomic E-state index is 12.6. The van der Waals surface area contributed by atoms with E-state index in [1.165, 1.54) is 0 Å². The normalized spacial score (nSPS) is 12.6. The van der Waals surface area contributed by atoms with Crippen LogP contribution in [0.1, 0.15) is 13.9 Å². The Bertz CT molecular complexity index is 1450. The Morgan fingerprint density at radius 1 is 1.03 bits per heavy atom. The number of para-hydroxylation sites is 1. The molecule has 148 valence electrons. The molecule has 6 nitrogen and oxygen atoms in total. The van der Waals surface area contributed by atoms with Crippen molar-refractivity contribution in [1.82, 2.24) is 14.5 Å². The van der Waals surface area contributed by atoms with Gasteiger partial charge in [0.05, 0.1) is 13.9 Å². The molecule has 0 unspecified atom stereocenters. The summed E-state index contributed by atoms with van der Waals surface area (Å²) in [5.41, 5.74) is 4.12. The van der Waals surface area contributed by atoms with E-state index in [4.69, 9.17) is 2.74 Å². The number of carbonyl (C=O) groups is 1. The van der Waals surface area contributed by atoms with E-state index in [9.17, 15) is 4.79 Å². The maximum absolute atomic E-state index is 12.6. The molecule has 2 aromatic carbocycles. The molecule has 0 aliphatic rings. The molecule has 0 saturated heterocycles. The van der Waals surface area contributed by atoms with Crippen LogP contribution in [0.4, 0.5) is 16.2 Å². The zero-order valence-corrected chi connectivity index (χ0v) is 16.3. The van der Waals surface area contributed by atoms with Gasteiger partial charge in [-0.2, -0.15) is 0 Å². The minimum absolute atomic E-state index is 0.356. The van der Waals surface area contributed by atoms with Gasteiger partial charge in [0.15, 0.2) is 0 Å². The van der Waals surface area contributed by atoms with Gasteiger partial charge < -0.3 is 20.2 Å². The predicted octanol–water partition coefficient (Wildman–Crippen LogP) is 5.52. The highest BCUT2D eigenvalue weighted by Crippen LogP contribution is 2.27. The molecule has 0 fully saturated rings. The first-order valence-electron chi connectivity index (χ1n) is 10.6. The van der Waals surface area contributed by atoms with Crippen molar-refractivity contribution in [1.29, 1.82) is 0 Å². The lowest BCUT2D eigenvalue weighted by Gasteiger charge is -2.11. The van der Waals surface area contributed by atoms with E-state index < -0.39 is 6.50 Å². The minimum Gasteiger partial charge on any atom is -0.346 e. The van der Waals surface area contributed by atoms with Crippen molar-refractivity contribution >= 4 is 39.3 Å². The molecule has 0 atom stereocenters. The molecule has 2 amide bonds. The Hall–Kier alpha value is -4.06. The summed E-state index contributed by atoms with van der Waals surface area (Å²) in [5, 5.41) is 7.23. The number of anilines is 2. The van der Waals surface area contributed by atoms with Gasteiger partial charge in [0.2, 0.25) is 0 Å². The largest absolute Gasteiger partial charge is 0.346 e. The molecule has 3 aromatic heterocycles. The van der Waals surface area contributed by atoms with Crippen LogP contribution in [-0.2, 0) is 6.50 Å². The topological polar surface area (TPSA) is 74.7 Å².